The number of rotatable bonds is 3. The fourth-order valence-corrected chi connectivity index (χ4v) is 2.32. The van der Waals surface area contributed by atoms with E-state index in [1.807, 2.05) is 12.1 Å². The Labute approximate surface area is 101 Å². The van der Waals surface area contributed by atoms with E-state index >= 15 is 0 Å². The minimum atomic E-state index is 0.0254. The van der Waals surface area contributed by atoms with Crippen LogP contribution in [0.15, 0.2) is 12.1 Å². The highest BCUT2D eigenvalue weighted by atomic mass is 16.7. The summed E-state index contributed by atoms with van der Waals surface area (Å²) in [7, 11) is 2.08. The van der Waals surface area contributed by atoms with E-state index in [0.717, 1.165) is 30.9 Å². The van der Waals surface area contributed by atoms with Crippen LogP contribution in [0.4, 0.5) is 5.69 Å². The maximum Gasteiger partial charge on any atom is 0.231 e. The monoisotopic (exact) mass is 234 g/mol. The van der Waals surface area contributed by atoms with Gasteiger partial charge in [0.2, 0.25) is 6.79 Å². The number of nitrogens with zero attached hydrogens (tertiary/aromatic N) is 1. The Bertz CT molecular complexity index is 455. The summed E-state index contributed by atoms with van der Waals surface area (Å²) in [6.45, 7) is 3.31. The van der Waals surface area contributed by atoms with Gasteiger partial charge in [0.05, 0.1) is 0 Å². The summed E-state index contributed by atoms with van der Waals surface area (Å²) in [5.74, 6) is 1.67. The van der Waals surface area contributed by atoms with Gasteiger partial charge in [-0.15, -0.1) is 0 Å². The first kappa shape index (κ1) is 10.7. The van der Waals surface area contributed by atoms with Gasteiger partial charge in [-0.25, -0.2) is 0 Å². The van der Waals surface area contributed by atoms with E-state index in [0.29, 0.717) is 6.79 Å². The standard InChI is InChI=1S/C13H18N2O2/c1-9-5-11-12(17-8-16-11)6-10(9)15(2)7-13(14)3-4-13/h5-6H,3-4,7-8,14H2,1-2H3. The van der Waals surface area contributed by atoms with E-state index in [1.165, 1.54) is 11.3 Å². The van der Waals surface area contributed by atoms with Gasteiger partial charge in [0.25, 0.3) is 0 Å². The molecule has 1 fully saturated rings. The first-order valence-electron chi connectivity index (χ1n) is 5.98. The summed E-state index contributed by atoms with van der Waals surface area (Å²) in [5, 5.41) is 0. The molecule has 1 aliphatic heterocycles. The number of likely N-dealkylation sites (N-methyl/N-ethyl adjacent to an activating group) is 1. The molecule has 17 heavy (non-hydrogen) atoms. The van der Waals surface area contributed by atoms with Crippen molar-refractivity contribution in [2.24, 2.45) is 5.73 Å². The zero-order valence-corrected chi connectivity index (χ0v) is 10.3. The third-order valence-electron chi connectivity index (χ3n) is 3.55. The quantitative estimate of drug-likeness (QED) is 0.864. The second kappa shape index (κ2) is 3.53. The molecule has 1 aromatic carbocycles. The smallest absolute Gasteiger partial charge is 0.231 e. The Balaban J connectivity index is 1.86. The van der Waals surface area contributed by atoms with Gasteiger partial charge in [0.1, 0.15) is 0 Å². The zero-order valence-electron chi connectivity index (χ0n) is 10.3. The molecule has 1 aliphatic carbocycles. The van der Waals surface area contributed by atoms with Crippen molar-refractivity contribution in [1.29, 1.82) is 0 Å². The molecule has 0 unspecified atom stereocenters. The number of hydrogen-bond acceptors (Lipinski definition) is 4. The molecule has 3 rings (SSSR count). The number of ether oxygens (including phenoxy) is 2. The molecule has 4 nitrogen and oxygen atoms in total. The van der Waals surface area contributed by atoms with Crippen LogP contribution in [0.2, 0.25) is 0 Å². The number of benzene rings is 1. The lowest BCUT2D eigenvalue weighted by Crippen LogP contribution is -2.37. The molecule has 0 bridgehead atoms. The van der Waals surface area contributed by atoms with Crippen LogP contribution in [-0.2, 0) is 0 Å². The van der Waals surface area contributed by atoms with Crippen molar-refractivity contribution < 1.29 is 9.47 Å². The average Bonchev–Trinajstić information content (AvgIpc) is 2.83. The molecule has 1 heterocycles. The van der Waals surface area contributed by atoms with Crippen molar-refractivity contribution in [2.45, 2.75) is 25.3 Å². The molecule has 4 heteroatoms. The van der Waals surface area contributed by atoms with Gasteiger partial charge in [0, 0.05) is 30.9 Å². The maximum atomic E-state index is 6.15. The Hall–Kier alpha value is -1.42. The van der Waals surface area contributed by atoms with E-state index < -0.39 is 0 Å². The molecule has 0 atom stereocenters. The van der Waals surface area contributed by atoms with Crippen LogP contribution < -0.4 is 20.1 Å². The van der Waals surface area contributed by atoms with Crippen molar-refractivity contribution in [2.75, 3.05) is 25.3 Å². The van der Waals surface area contributed by atoms with E-state index in [9.17, 15) is 0 Å². The summed E-state index contributed by atoms with van der Waals surface area (Å²) in [5.41, 5.74) is 8.54. The van der Waals surface area contributed by atoms with Crippen LogP contribution >= 0.6 is 0 Å². The Morgan fingerprint density at radius 3 is 2.59 bits per heavy atom. The van der Waals surface area contributed by atoms with Crippen LogP contribution in [0.3, 0.4) is 0 Å². The zero-order chi connectivity index (χ0) is 12.0. The fourth-order valence-electron chi connectivity index (χ4n) is 2.32. The van der Waals surface area contributed by atoms with Crippen molar-refractivity contribution >= 4 is 5.69 Å². The Kier molecular flexibility index (Phi) is 2.23. The molecular weight excluding hydrogens is 216 g/mol. The van der Waals surface area contributed by atoms with Crippen molar-refractivity contribution in [3.63, 3.8) is 0 Å². The van der Waals surface area contributed by atoms with Crippen molar-refractivity contribution in [1.82, 2.24) is 0 Å². The predicted octanol–water partition coefficient (Wildman–Crippen LogP) is 1.65. The molecular formula is C13H18N2O2. The predicted molar refractivity (Wildman–Crippen MR) is 66.7 cm³/mol. The second-order valence-electron chi connectivity index (χ2n) is 5.21. The normalized spacial score (nSPS) is 19.2. The Morgan fingerprint density at radius 1 is 1.29 bits per heavy atom. The average molecular weight is 234 g/mol. The Morgan fingerprint density at radius 2 is 1.94 bits per heavy atom. The lowest BCUT2D eigenvalue weighted by atomic mass is 10.1. The lowest BCUT2D eigenvalue weighted by Gasteiger charge is -2.25. The minimum Gasteiger partial charge on any atom is -0.454 e. The largest absolute Gasteiger partial charge is 0.454 e. The van der Waals surface area contributed by atoms with Crippen molar-refractivity contribution in [3.8, 4) is 11.5 Å². The van der Waals surface area contributed by atoms with Gasteiger partial charge in [0.15, 0.2) is 11.5 Å². The highest BCUT2D eigenvalue weighted by molar-refractivity contribution is 5.62. The van der Waals surface area contributed by atoms with Gasteiger partial charge in [-0.05, 0) is 31.4 Å². The van der Waals surface area contributed by atoms with Crippen LogP contribution in [0.1, 0.15) is 18.4 Å². The second-order valence-corrected chi connectivity index (χ2v) is 5.21. The van der Waals surface area contributed by atoms with Gasteiger partial charge >= 0.3 is 0 Å². The molecule has 2 N–H and O–H groups in total. The minimum absolute atomic E-state index is 0.0254. The van der Waals surface area contributed by atoms with E-state index in [1.54, 1.807) is 0 Å². The highest BCUT2D eigenvalue weighted by Crippen LogP contribution is 2.39. The van der Waals surface area contributed by atoms with Crippen LogP contribution in [0, 0.1) is 6.92 Å². The van der Waals surface area contributed by atoms with Gasteiger partial charge in [-0.2, -0.15) is 0 Å². The van der Waals surface area contributed by atoms with Crippen LogP contribution in [0.25, 0.3) is 0 Å². The van der Waals surface area contributed by atoms with Gasteiger partial charge < -0.3 is 20.1 Å². The number of anilines is 1. The molecule has 0 aromatic heterocycles. The summed E-state index contributed by atoms with van der Waals surface area (Å²) >= 11 is 0. The van der Waals surface area contributed by atoms with E-state index in [2.05, 4.69) is 18.9 Å². The molecule has 1 aromatic rings. The fraction of sp³-hybridized carbons (Fsp3) is 0.538. The topological polar surface area (TPSA) is 47.7 Å². The first-order chi connectivity index (χ1) is 8.07. The summed E-state index contributed by atoms with van der Waals surface area (Å²) in [6.07, 6.45) is 2.25. The maximum absolute atomic E-state index is 6.15. The summed E-state index contributed by atoms with van der Waals surface area (Å²) < 4.78 is 10.8. The highest BCUT2D eigenvalue weighted by Gasteiger charge is 2.39. The lowest BCUT2D eigenvalue weighted by molar-refractivity contribution is 0.174. The number of aryl methyl sites for hydroxylation is 1. The SMILES string of the molecule is Cc1cc2c(cc1N(C)CC1(N)CC1)OCO2. The third-order valence-corrected chi connectivity index (χ3v) is 3.55. The number of fused-ring (bicyclic) bond motifs is 1. The molecule has 0 spiro atoms. The number of hydrogen-bond donors (Lipinski definition) is 1. The van der Waals surface area contributed by atoms with E-state index in [-0.39, 0.29) is 5.54 Å². The van der Waals surface area contributed by atoms with E-state index in [4.69, 9.17) is 15.2 Å². The molecule has 0 amide bonds. The molecule has 92 valence electrons. The van der Waals surface area contributed by atoms with Gasteiger partial charge in [-0.3, -0.25) is 0 Å². The number of nitrogens with two attached hydrogens (primary N) is 1. The molecule has 2 aliphatic rings. The summed E-state index contributed by atoms with van der Waals surface area (Å²) in [4.78, 5) is 2.21. The molecule has 1 saturated carbocycles. The third kappa shape index (κ3) is 1.93. The molecule has 0 saturated heterocycles. The first-order valence-corrected chi connectivity index (χ1v) is 5.98. The summed E-state index contributed by atoms with van der Waals surface area (Å²) in [6, 6.07) is 4.08. The molecule has 0 radical (unpaired) electrons. The van der Waals surface area contributed by atoms with Gasteiger partial charge in [-0.1, -0.05) is 0 Å². The van der Waals surface area contributed by atoms with Crippen LogP contribution in [-0.4, -0.2) is 25.9 Å². The van der Waals surface area contributed by atoms with Crippen LogP contribution in [0.5, 0.6) is 11.5 Å². The van der Waals surface area contributed by atoms with Crippen molar-refractivity contribution in [3.05, 3.63) is 17.7 Å².